The van der Waals surface area contributed by atoms with Crippen LogP contribution < -0.4 is 4.72 Å². The largest absolute Gasteiger partial charge is 0.264 e. The highest BCUT2D eigenvalue weighted by molar-refractivity contribution is 7.92. The van der Waals surface area contributed by atoms with Crippen LogP contribution in [0.2, 0.25) is 0 Å². The van der Waals surface area contributed by atoms with E-state index in [1.807, 2.05) is 13.8 Å². The van der Waals surface area contributed by atoms with Crippen molar-refractivity contribution in [2.75, 3.05) is 4.72 Å². The van der Waals surface area contributed by atoms with E-state index in [2.05, 4.69) is 9.82 Å². The topological polar surface area (TPSA) is 64.0 Å². The van der Waals surface area contributed by atoms with Crippen molar-refractivity contribution in [2.45, 2.75) is 31.7 Å². The van der Waals surface area contributed by atoms with Crippen molar-refractivity contribution in [3.05, 3.63) is 41.8 Å². The van der Waals surface area contributed by atoms with Gasteiger partial charge in [0.1, 0.15) is 11.6 Å². The third-order valence-electron chi connectivity index (χ3n) is 2.84. The van der Waals surface area contributed by atoms with Crippen molar-refractivity contribution in [3.8, 4) is 0 Å². The number of nitrogens with zero attached hydrogens (tertiary/aromatic N) is 2. The van der Waals surface area contributed by atoms with Gasteiger partial charge >= 0.3 is 0 Å². The molecule has 7 heteroatoms. The summed E-state index contributed by atoms with van der Waals surface area (Å²) in [6.45, 7) is 5.31. The summed E-state index contributed by atoms with van der Waals surface area (Å²) in [5, 5.41) is 4.05. The highest BCUT2D eigenvalue weighted by atomic mass is 32.2. The van der Waals surface area contributed by atoms with E-state index < -0.39 is 15.8 Å². The first kappa shape index (κ1) is 14.5. The molecule has 0 aliphatic heterocycles. The van der Waals surface area contributed by atoms with Crippen molar-refractivity contribution in [2.24, 2.45) is 0 Å². The molecule has 0 radical (unpaired) electrons. The van der Waals surface area contributed by atoms with Gasteiger partial charge in [0.25, 0.3) is 10.0 Å². The van der Waals surface area contributed by atoms with Crippen molar-refractivity contribution in [1.29, 1.82) is 0 Å². The maximum absolute atomic E-state index is 13.2. The number of nitrogens with one attached hydrogen (secondary N) is 1. The number of aryl methyl sites for hydroxylation is 1. The summed E-state index contributed by atoms with van der Waals surface area (Å²) in [4.78, 5) is 0.0212. The standard InChI is InChI=1S/C13H16FN3O2S/c1-9(2)17-13(6-7-15-17)16-20(18,19)11-4-5-12(14)10(3)8-11/h4-9,16H,1-3H3. The van der Waals surface area contributed by atoms with Gasteiger partial charge in [-0.15, -0.1) is 0 Å². The van der Waals surface area contributed by atoms with Gasteiger partial charge in [-0.25, -0.2) is 17.5 Å². The third kappa shape index (κ3) is 2.82. The molecule has 0 aliphatic rings. The smallest absolute Gasteiger partial charge is 0.263 e. The van der Waals surface area contributed by atoms with E-state index in [1.54, 1.807) is 10.7 Å². The molecule has 0 bridgehead atoms. The number of sulfonamides is 1. The Morgan fingerprint density at radius 3 is 2.60 bits per heavy atom. The van der Waals surface area contributed by atoms with Crippen molar-refractivity contribution < 1.29 is 12.8 Å². The zero-order valence-corrected chi connectivity index (χ0v) is 12.3. The monoisotopic (exact) mass is 297 g/mol. The molecule has 0 amide bonds. The van der Waals surface area contributed by atoms with Crippen LogP contribution in [0.3, 0.4) is 0 Å². The second-order valence-corrected chi connectivity index (χ2v) is 6.45. The lowest BCUT2D eigenvalue weighted by Crippen LogP contribution is -2.17. The molecule has 0 saturated carbocycles. The molecular formula is C13H16FN3O2S. The van der Waals surface area contributed by atoms with Crippen LogP contribution in [0.15, 0.2) is 35.4 Å². The number of hydrogen-bond acceptors (Lipinski definition) is 3. The first-order valence-electron chi connectivity index (χ1n) is 6.14. The van der Waals surface area contributed by atoms with E-state index in [4.69, 9.17) is 0 Å². The number of hydrogen-bond donors (Lipinski definition) is 1. The molecule has 1 N–H and O–H groups in total. The van der Waals surface area contributed by atoms with Gasteiger partial charge in [0.15, 0.2) is 0 Å². The molecule has 1 aromatic heterocycles. The van der Waals surface area contributed by atoms with E-state index >= 15 is 0 Å². The van der Waals surface area contributed by atoms with Gasteiger partial charge in [0.2, 0.25) is 0 Å². The Morgan fingerprint density at radius 1 is 1.30 bits per heavy atom. The molecule has 1 aromatic carbocycles. The third-order valence-corrected chi connectivity index (χ3v) is 4.19. The predicted octanol–water partition coefficient (Wildman–Crippen LogP) is 2.71. The van der Waals surface area contributed by atoms with E-state index in [-0.39, 0.29) is 16.5 Å². The second-order valence-electron chi connectivity index (χ2n) is 4.77. The van der Waals surface area contributed by atoms with Gasteiger partial charge in [0, 0.05) is 12.1 Å². The highest BCUT2D eigenvalue weighted by Crippen LogP contribution is 2.20. The van der Waals surface area contributed by atoms with E-state index in [9.17, 15) is 12.8 Å². The van der Waals surface area contributed by atoms with Crippen molar-refractivity contribution >= 4 is 15.8 Å². The maximum atomic E-state index is 13.2. The van der Waals surface area contributed by atoms with Gasteiger partial charge in [-0.2, -0.15) is 5.10 Å². The van der Waals surface area contributed by atoms with E-state index in [0.29, 0.717) is 5.82 Å². The molecule has 108 valence electrons. The molecule has 1 heterocycles. The average Bonchev–Trinajstić information content (AvgIpc) is 2.80. The average molecular weight is 297 g/mol. The van der Waals surface area contributed by atoms with Gasteiger partial charge in [0.05, 0.1) is 11.1 Å². The Bertz CT molecular complexity index is 723. The number of aromatic nitrogens is 2. The Morgan fingerprint density at radius 2 is 2.00 bits per heavy atom. The lowest BCUT2D eigenvalue weighted by Gasteiger charge is -2.13. The highest BCUT2D eigenvalue weighted by Gasteiger charge is 2.18. The second kappa shape index (κ2) is 5.24. The predicted molar refractivity (Wildman–Crippen MR) is 74.6 cm³/mol. The molecule has 5 nitrogen and oxygen atoms in total. The normalized spacial score (nSPS) is 11.8. The molecule has 0 fully saturated rings. The molecule has 0 unspecified atom stereocenters. The minimum atomic E-state index is -3.76. The van der Waals surface area contributed by atoms with E-state index in [1.165, 1.54) is 25.3 Å². The molecule has 20 heavy (non-hydrogen) atoms. The van der Waals surface area contributed by atoms with Crippen LogP contribution >= 0.6 is 0 Å². The van der Waals surface area contributed by atoms with Crippen LogP contribution in [-0.4, -0.2) is 18.2 Å². The lowest BCUT2D eigenvalue weighted by atomic mass is 10.2. The van der Waals surface area contributed by atoms with Gasteiger partial charge in [-0.1, -0.05) is 0 Å². The Balaban J connectivity index is 2.36. The first-order chi connectivity index (χ1) is 9.31. The summed E-state index contributed by atoms with van der Waals surface area (Å²) >= 11 is 0. The summed E-state index contributed by atoms with van der Waals surface area (Å²) in [7, 11) is -3.76. The van der Waals surface area contributed by atoms with E-state index in [0.717, 1.165) is 6.07 Å². The van der Waals surface area contributed by atoms with Crippen LogP contribution in [0.4, 0.5) is 10.2 Å². The van der Waals surface area contributed by atoms with Gasteiger partial charge in [-0.05, 0) is 44.5 Å². The zero-order valence-electron chi connectivity index (χ0n) is 11.5. The quantitative estimate of drug-likeness (QED) is 0.943. The summed E-state index contributed by atoms with van der Waals surface area (Å²) in [6, 6.07) is 5.28. The number of rotatable bonds is 4. The van der Waals surface area contributed by atoms with Crippen LogP contribution in [0.1, 0.15) is 25.5 Å². The van der Waals surface area contributed by atoms with Gasteiger partial charge < -0.3 is 0 Å². The van der Waals surface area contributed by atoms with Crippen molar-refractivity contribution in [3.63, 3.8) is 0 Å². The van der Waals surface area contributed by atoms with Crippen LogP contribution in [0, 0.1) is 12.7 Å². The number of benzene rings is 1. The van der Waals surface area contributed by atoms with Crippen molar-refractivity contribution in [1.82, 2.24) is 9.78 Å². The summed E-state index contributed by atoms with van der Waals surface area (Å²) in [5.41, 5.74) is 0.283. The summed E-state index contributed by atoms with van der Waals surface area (Å²) in [5.74, 6) is -0.0573. The lowest BCUT2D eigenvalue weighted by molar-refractivity contribution is 0.539. The minimum Gasteiger partial charge on any atom is -0.264 e. The minimum absolute atomic E-state index is 0.0212. The fraction of sp³-hybridized carbons (Fsp3) is 0.308. The molecule has 2 rings (SSSR count). The summed E-state index contributed by atoms with van der Waals surface area (Å²) < 4.78 is 41.8. The van der Waals surface area contributed by atoms with Gasteiger partial charge in [-0.3, -0.25) is 4.72 Å². The zero-order chi connectivity index (χ0) is 14.9. The maximum Gasteiger partial charge on any atom is 0.263 e. The fourth-order valence-corrected chi connectivity index (χ4v) is 2.92. The molecule has 0 spiro atoms. The molecule has 0 atom stereocenters. The molecule has 2 aromatic rings. The molecular weight excluding hydrogens is 281 g/mol. The Labute approximate surface area is 117 Å². The molecule has 0 saturated heterocycles. The fourth-order valence-electron chi connectivity index (χ4n) is 1.79. The number of anilines is 1. The Hall–Kier alpha value is -1.89. The van der Waals surface area contributed by atoms with Crippen LogP contribution in [0.5, 0.6) is 0 Å². The molecule has 0 aliphatic carbocycles. The van der Waals surface area contributed by atoms with Crippen LogP contribution in [-0.2, 0) is 10.0 Å². The first-order valence-corrected chi connectivity index (χ1v) is 7.62. The number of halogens is 1. The Kier molecular flexibility index (Phi) is 3.80. The summed E-state index contributed by atoms with van der Waals surface area (Å²) in [6.07, 6.45) is 1.52. The SMILES string of the molecule is Cc1cc(S(=O)(=O)Nc2ccnn2C(C)C)ccc1F. The van der Waals surface area contributed by atoms with Crippen LogP contribution in [0.25, 0.3) is 0 Å².